The van der Waals surface area contributed by atoms with Crippen LogP contribution < -0.4 is 0 Å². The number of H-pyrrole nitrogens is 1. The molecular weight excluding hydrogens is 262 g/mol. The number of benzene rings is 1. The predicted octanol–water partition coefficient (Wildman–Crippen LogP) is 3.03. The third-order valence-corrected chi connectivity index (χ3v) is 3.58. The molecule has 0 amide bonds. The monoisotopic (exact) mass is 275 g/mol. The van der Waals surface area contributed by atoms with Crippen molar-refractivity contribution in [2.24, 2.45) is 7.05 Å². The molecule has 1 N–H and O–H groups in total. The zero-order chi connectivity index (χ0) is 14.2. The van der Waals surface area contributed by atoms with Gasteiger partial charge in [-0.15, -0.1) is 0 Å². The van der Waals surface area contributed by atoms with Crippen molar-refractivity contribution in [1.82, 2.24) is 24.7 Å². The molecule has 4 aromatic rings. The molecule has 102 valence electrons. The van der Waals surface area contributed by atoms with E-state index in [4.69, 9.17) is 0 Å². The minimum absolute atomic E-state index is 0.681. The first kappa shape index (κ1) is 11.8. The molecule has 21 heavy (non-hydrogen) atoms. The molecule has 0 atom stereocenters. The Hall–Kier alpha value is -2.95. The van der Waals surface area contributed by atoms with Crippen molar-refractivity contribution in [1.29, 1.82) is 0 Å². The van der Waals surface area contributed by atoms with E-state index in [1.54, 1.807) is 12.4 Å². The zero-order valence-electron chi connectivity index (χ0n) is 11.5. The summed E-state index contributed by atoms with van der Waals surface area (Å²) < 4.78 is 2.10. The number of hydrogen-bond acceptors (Lipinski definition) is 3. The molecule has 4 rings (SSSR count). The van der Waals surface area contributed by atoms with E-state index in [0.717, 1.165) is 22.3 Å². The Morgan fingerprint density at radius 3 is 2.71 bits per heavy atom. The first-order valence-electron chi connectivity index (χ1n) is 6.70. The fourth-order valence-electron chi connectivity index (χ4n) is 2.54. The molecular formula is C16H13N5. The van der Waals surface area contributed by atoms with Crippen molar-refractivity contribution in [2.45, 2.75) is 0 Å². The summed E-state index contributed by atoms with van der Waals surface area (Å²) in [4.78, 5) is 8.62. The van der Waals surface area contributed by atoms with Crippen LogP contribution in [0, 0.1) is 0 Å². The van der Waals surface area contributed by atoms with Crippen molar-refractivity contribution in [2.75, 3.05) is 0 Å². The molecule has 1 aromatic carbocycles. The molecule has 5 nitrogen and oxygen atoms in total. The zero-order valence-corrected chi connectivity index (χ0v) is 11.5. The van der Waals surface area contributed by atoms with Crippen LogP contribution >= 0.6 is 0 Å². The van der Waals surface area contributed by atoms with E-state index < -0.39 is 0 Å². The number of rotatable bonds is 2. The van der Waals surface area contributed by atoms with Crippen LogP contribution in [0.5, 0.6) is 0 Å². The summed E-state index contributed by atoms with van der Waals surface area (Å²) >= 11 is 0. The lowest BCUT2D eigenvalue weighted by Crippen LogP contribution is -1.82. The van der Waals surface area contributed by atoms with Gasteiger partial charge in [-0.05, 0) is 18.2 Å². The number of nitrogens with zero attached hydrogens (tertiary/aromatic N) is 4. The third-order valence-electron chi connectivity index (χ3n) is 3.58. The van der Waals surface area contributed by atoms with Gasteiger partial charge in [-0.3, -0.25) is 10.1 Å². The number of fused-ring (bicyclic) bond motifs is 1. The molecule has 0 fully saturated rings. The minimum Gasteiger partial charge on any atom is -0.350 e. The number of para-hydroxylation sites is 1. The fraction of sp³-hybridized carbons (Fsp3) is 0.0625. The SMILES string of the molecule is Cn1cc(-c2nc(-c3ccncc3)n[nH]2)c2ccccc21. The lowest BCUT2D eigenvalue weighted by atomic mass is 10.1. The van der Waals surface area contributed by atoms with Gasteiger partial charge in [0.1, 0.15) is 0 Å². The van der Waals surface area contributed by atoms with Crippen LogP contribution in [0.25, 0.3) is 33.7 Å². The van der Waals surface area contributed by atoms with Gasteiger partial charge in [0, 0.05) is 47.7 Å². The number of nitrogens with one attached hydrogen (secondary N) is 1. The van der Waals surface area contributed by atoms with Crippen LogP contribution in [-0.4, -0.2) is 24.7 Å². The van der Waals surface area contributed by atoms with Crippen molar-refractivity contribution in [3.63, 3.8) is 0 Å². The number of hydrogen-bond donors (Lipinski definition) is 1. The molecule has 0 aliphatic carbocycles. The molecule has 0 radical (unpaired) electrons. The maximum absolute atomic E-state index is 4.61. The van der Waals surface area contributed by atoms with Crippen molar-refractivity contribution in [3.8, 4) is 22.8 Å². The van der Waals surface area contributed by atoms with E-state index in [2.05, 4.69) is 43.1 Å². The fourth-order valence-corrected chi connectivity index (χ4v) is 2.54. The number of pyridine rings is 1. The molecule has 0 saturated heterocycles. The van der Waals surface area contributed by atoms with Gasteiger partial charge in [-0.25, -0.2) is 4.98 Å². The largest absolute Gasteiger partial charge is 0.350 e. The molecule has 0 saturated carbocycles. The Labute approximate surface area is 121 Å². The summed E-state index contributed by atoms with van der Waals surface area (Å²) in [6, 6.07) is 12.1. The van der Waals surface area contributed by atoms with Gasteiger partial charge >= 0.3 is 0 Å². The third kappa shape index (κ3) is 1.90. The molecule has 5 heteroatoms. The molecule has 3 aromatic heterocycles. The van der Waals surface area contributed by atoms with E-state index in [-0.39, 0.29) is 0 Å². The number of aromatic amines is 1. The van der Waals surface area contributed by atoms with Gasteiger partial charge in [-0.2, -0.15) is 5.10 Å². The number of aromatic nitrogens is 5. The molecule has 0 bridgehead atoms. The van der Waals surface area contributed by atoms with Gasteiger partial charge in [0.15, 0.2) is 11.6 Å². The summed E-state index contributed by atoms with van der Waals surface area (Å²) in [6.07, 6.45) is 5.55. The van der Waals surface area contributed by atoms with Crippen LogP contribution in [0.1, 0.15) is 0 Å². The van der Waals surface area contributed by atoms with E-state index >= 15 is 0 Å². The second-order valence-corrected chi connectivity index (χ2v) is 4.91. The highest BCUT2D eigenvalue weighted by Crippen LogP contribution is 2.28. The van der Waals surface area contributed by atoms with Gasteiger partial charge < -0.3 is 4.57 Å². The van der Waals surface area contributed by atoms with E-state index in [9.17, 15) is 0 Å². The normalized spacial score (nSPS) is 11.1. The van der Waals surface area contributed by atoms with E-state index in [1.807, 2.05) is 31.3 Å². The topological polar surface area (TPSA) is 59.4 Å². The van der Waals surface area contributed by atoms with Crippen molar-refractivity contribution >= 4 is 10.9 Å². The number of aryl methyl sites for hydroxylation is 1. The van der Waals surface area contributed by atoms with Crippen LogP contribution in [0.3, 0.4) is 0 Å². The average Bonchev–Trinajstić information content (AvgIpc) is 3.14. The van der Waals surface area contributed by atoms with Gasteiger partial charge in [0.2, 0.25) is 0 Å². The Balaban J connectivity index is 1.85. The summed E-state index contributed by atoms with van der Waals surface area (Å²) in [7, 11) is 2.03. The van der Waals surface area contributed by atoms with Gasteiger partial charge in [0.25, 0.3) is 0 Å². The molecule has 0 aliphatic heterocycles. The minimum atomic E-state index is 0.681. The second-order valence-electron chi connectivity index (χ2n) is 4.91. The van der Waals surface area contributed by atoms with Gasteiger partial charge in [0.05, 0.1) is 0 Å². The first-order chi connectivity index (χ1) is 10.3. The highest BCUT2D eigenvalue weighted by Gasteiger charge is 2.12. The Morgan fingerprint density at radius 2 is 1.86 bits per heavy atom. The van der Waals surface area contributed by atoms with E-state index in [0.29, 0.717) is 5.82 Å². The highest BCUT2D eigenvalue weighted by atomic mass is 15.2. The lowest BCUT2D eigenvalue weighted by molar-refractivity contribution is 0.968. The Bertz CT molecular complexity index is 905. The predicted molar refractivity (Wildman–Crippen MR) is 81.5 cm³/mol. The van der Waals surface area contributed by atoms with E-state index in [1.165, 1.54) is 5.52 Å². The van der Waals surface area contributed by atoms with Crippen LogP contribution in [0.2, 0.25) is 0 Å². The Morgan fingerprint density at radius 1 is 1.05 bits per heavy atom. The maximum atomic E-state index is 4.61. The van der Waals surface area contributed by atoms with Crippen LogP contribution in [0.4, 0.5) is 0 Å². The maximum Gasteiger partial charge on any atom is 0.181 e. The molecule has 3 heterocycles. The smallest absolute Gasteiger partial charge is 0.181 e. The van der Waals surface area contributed by atoms with Crippen LogP contribution in [-0.2, 0) is 7.05 Å². The molecule has 0 aliphatic rings. The quantitative estimate of drug-likeness (QED) is 0.611. The second kappa shape index (κ2) is 4.56. The summed E-state index contributed by atoms with van der Waals surface area (Å²) in [5.41, 5.74) is 3.18. The summed E-state index contributed by atoms with van der Waals surface area (Å²) in [5.74, 6) is 1.46. The standard InChI is InChI=1S/C16H13N5/c1-21-10-13(12-4-2-3-5-14(12)21)16-18-15(19-20-16)11-6-8-17-9-7-11/h2-10H,1H3,(H,18,19,20). The van der Waals surface area contributed by atoms with Crippen molar-refractivity contribution in [3.05, 3.63) is 55.0 Å². The van der Waals surface area contributed by atoms with Crippen molar-refractivity contribution < 1.29 is 0 Å². The summed E-state index contributed by atoms with van der Waals surface area (Å²) in [5, 5.41) is 8.50. The molecule has 0 spiro atoms. The van der Waals surface area contributed by atoms with Gasteiger partial charge in [-0.1, -0.05) is 18.2 Å². The molecule has 0 unspecified atom stereocenters. The first-order valence-corrected chi connectivity index (χ1v) is 6.70. The average molecular weight is 275 g/mol. The lowest BCUT2D eigenvalue weighted by Gasteiger charge is -1.94. The van der Waals surface area contributed by atoms with Crippen LogP contribution in [0.15, 0.2) is 55.0 Å². The Kier molecular flexibility index (Phi) is 2.57. The summed E-state index contributed by atoms with van der Waals surface area (Å²) in [6.45, 7) is 0. The highest BCUT2D eigenvalue weighted by molar-refractivity contribution is 5.94.